The number of hydrogen-bond donors (Lipinski definition) is 1. The monoisotopic (exact) mass is 262 g/mol. The second-order valence-electron chi connectivity index (χ2n) is 5.13. The highest BCUT2D eigenvalue weighted by Gasteiger charge is 2.34. The van der Waals surface area contributed by atoms with Crippen molar-refractivity contribution in [2.24, 2.45) is 0 Å². The predicted octanol–water partition coefficient (Wildman–Crippen LogP) is 3.98. The van der Waals surface area contributed by atoms with E-state index in [4.69, 9.17) is 0 Å². The summed E-state index contributed by atoms with van der Waals surface area (Å²) >= 11 is 0. The molecule has 0 bridgehead atoms. The summed E-state index contributed by atoms with van der Waals surface area (Å²) in [7, 11) is 0. The summed E-state index contributed by atoms with van der Waals surface area (Å²) in [6.45, 7) is 3.53. The Bertz CT molecular complexity index is 544. The minimum atomic E-state index is -1.25. The van der Waals surface area contributed by atoms with Gasteiger partial charge in [-0.15, -0.1) is 0 Å². The molecule has 100 valence electrons. The van der Waals surface area contributed by atoms with Crippen molar-refractivity contribution in [2.75, 3.05) is 0 Å². The smallest absolute Gasteiger partial charge is 0.131 e. The summed E-state index contributed by atoms with van der Waals surface area (Å²) in [5.41, 5.74) is -0.244. The normalized spacial score (nSPS) is 13.3. The van der Waals surface area contributed by atoms with E-state index in [0.29, 0.717) is 0 Å². The third-order valence-electron chi connectivity index (χ3n) is 3.47. The van der Waals surface area contributed by atoms with Crippen LogP contribution in [0.2, 0.25) is 0 Å². The van der Waals surface area contributed by atoms with Gasteiger partial charge in [-0.1, -0.05) is 50.2 Å². The molecule has 0 aromatic heterocycles. The van der Waals surface area contributed by atoms with Gasteiger partial charge in [0.25, 0.3) is 0 Å². The topological polar surface area (TPSA) is 20.2 Å². The summed E-state index contributed by atoms with van der Waals surface area (Å²) in [5, 5.41) is 10.4. The molecule has 0 saturated heterocycles. The molecule has 0 saturated carbocycles. The Kier molecular flexibility index (Phi) is 3.67. The Labute approximate surface area is 111 Å². The number of halogens is 2. The molecule has 2 aromatic carbocycles. The molecule has 0 amide bonds. The molecule has 1 unspecified atom stereocenters. The fourth-order valence-electron chi connectivity index (χ4n) is 2.16. The first-order chi connectivity index (χ1) is 8.94. The molecule has 19 heavy (non-hydrogen) atoms. The SMILES string of the molecule is CC(C)(c1ccccc1)C(O)c1c(F)cccc1F. The van der Waals surface area contributed by atoms with Crippen LogP contribution in [-0.4, -0.2) is 5.11 Å². The van der Waals surface area contributed by atoms with Crippen LogP contribution in [0.5, 0.6) is 0 Å². The van der Waals surface area contributed by atoms with Gasteiger partial charge in [0.05, 0.1) is 11.7 Å². The Balaban J connectivity index is 2.46. The van der Waals surface area contributed by atoms with Crippen LogP contribution in [0.15, 0.2) is 48.5 Å². The largest absolute Gasteiger partial charge is 0.387 e. The molecule has 1 nitrogen and oxygen atoms in total. The van der Waals surface area contributed by atoms with Crippen molar-refractivity contribution in [3.05, 3.63) is 71.3 Å². The maximum Gasteiger partial charge on any atom is 0.131 e. The lowest BCUT2D eigenvalue weighted by Crippen LogP contribution is -2.28. The number of aliphatic hydroxyl groups excluding tert-OH is 1. The number of hydrogen-bond acceptors (Lipinski definition) is 1. The van der Waals surface area contributed by atoms with Crippen molar-refractivity contribution in [2.45, 2.75) is 25.4 Å². The Morgan fingerprint density at radius 2 is 1.42 bits per heavy atom. The summed E-state index contributed by atoms with van der Waals surface area (Å²) in [6.07, 6.45) is -1.25. The van der Waals surface area contributed by atoms with Gasteiger partial charge in [-0.05, 0) is 17.7 Å². The average Bonchev–Trinajstić information content (AvgIpc) is 2.39. The minimum absolute atomic E-state index is 0.281. The van der Waals surface area contributed by atoms with Gasteiger partial charge in [-0.3, -0.25) is 0 Å². The maximum atomic E-state index is 13.7. The fraction of sp³-hybridized carbons (Fsp3) is 0.250. The maximum absolute atomic E-state index is 13.7. The van der Waals surface area contributed by atoms with E-state index < -0.39 is 23.2 Å². The van der Waals surface area contributed by atoms with E-state index in [-0.39, 0.29) is 5.56 Å². The molecular formula is C16H16F2O. The standard InChI is InChI=1S/C16H16F2O/c1-16(2,11-7-4-3-5-8-11)15(19)14-12(17)9-6-10-13(14)18/h3-10,15,19H,1-2H3. The van der Waals surface area contributed by atoms with Gasteiger partial charge in [0.2, 0.25) is 0 Å². The Hall–Kier alpha value is -1.74. The van der Waals surface area contributed by atoms with Gasteiger partial charge in [0.1, 0.15) is 11.6 Å². The molecular weight excluding hydrogens is 246 g/mol. The first-order valence-electron chi connectivity index (χ1n) is 6.12. The Morgan fingerprint density at radius 3 is 1.95 bits per heavy atom. The van der Waals surface area contributed by atoms with Crippen LogP contribution in [-0.2, 0) is 5.41 Å². The molecule has 0 fully saturated rings. The van der Waals surface area contributed by atoms with Crippen LogP contribution in [0.3, 0.4) is 0 Å². The number of aliphatic hydroxyl groups is 1. The highest BCUT2D eigenvalue weighted by Crippen LogP contribution is 2.38. The van der Waals surface area contributed by atoms with Crippen LogP contribution >= 0.6 is 0 Å². The van der Waals surface area contributed by atoms with Crippen molar-refractivity contribution >= 4 is 0 Å². The van der Waals surface area contributed by atoms with Crippen molar-refractivity contribution in [1.29, 1.82) is 0 Å². The van der Waals surface area contributed by atoms with E-state index >= 15 is 0 Å². The molecule has 0 heterocycles. The lowest BCUT2D eigenvalue weighted by Gasteiger charge is -2.31. The van der Waals surface area contributed by atoms with Crippen LogP contribution in [0.4, 0.5) is 8.78 Å². The van der Waals surface area contributed by atoms with E-state index in [2.05, 4.69) is 0 Å². The van der Waals surface area contributed by atoms with Gasteiger partial charge < -0.3 is 5.11 Å². The van der Waals surface area contributed by atoms with Crippen molar-refractivity contribution in [3.63, 3.8) is 0 Å². The quantitative estimate of drug-likeness (QED) is 0.887. The molecule has 0 aliphatic rings. The van der Waals surface area contributed by atoms with Crippen LogP contribution in [0.25, 0.3) is 0 Å². The second kappa shape index (κ2) is 5.10. The van der Waals surface area contributed by atoms with E-state index in [1.165, 1.54) is 6.07 Å². The van der Waals surface area contributed by atoms with Gasteiger partial charge in [0, 0.05) is 5.41 Å². The first-order valence-corrected chi connectivity index (χ1v) is 6.12. The first kappa shape index (κ1) is 13.7. The van der Waals surface area contributed by atoms with E-state index in [9.17, 15) is 13.9 Å². The Morgan fingerprint density at radius 1 is 0.895 bits per heavy atom. The third-order valence-corrected chi connectivity index (χ3v) is 3.47. The zero-order chi connectivity index (χ0) is 14.0. The van der Waals surface area contributed by atoms with Gasteiger partial charge >= 0.3 is 0 Å². The van der Waals surface area contributed by atoms with E-state index in [1.54, 1.807) is 13.8 Å². The van der Waals surface area contributed by atoms with Crippen molar-refractivity contribution in [1.82, 2.24) is 0 Å². The van der Waals surface area contributed by atoms with Gasteiger partial charge in [-0.2, -0.15) is 0 Å². The lowest BCUT2D eigenvalue weighted by atomic mass is 9.76. The summed E-state index contributed by atoms with van der Waals surface area (Å²) < 4.78 is 27.5. The molecule has 1 atom stereocenters. The minimum Gasteiger partial charge on any atom is -0.387 e. The molecule has 0 spiro atoms. The fourth-order valence-corrected chi connectivity index (χ4v) is 2.16. The van der Waals surface area contributed by atoms with Crippen molar-refractivity contribution in [3.8, 4) is 0 Å². The third kappa shape index (κ3) is 2.51. The lowest BCUT2D eigenvalue weighted by molar-refractivity contribution is 0.0926. The zero-order valence-electron chi connectivity index (χ0n) is 10.9. The predicted molar refractivity (Wildman–Crippen MR) is 70.8 cm³/mol. The number of rotatable bonds is 3. The molecule has 2 rings (SSSR count). The van der Waals surface area contributed by atoms with Gasteiger partial charge in [-0.25, -0.2) is 8.78 Å². The molecule has 0 aliphatic carbocycles. The number of benzene rings is 2. The van der Waals surface area contributed by atoms with Crippen molar-refractivity contribution < 1.29 is 13.9 Å². The molecule has 0 aliphatic heterocycles. The average molecular weight is 262 g/mol. The molecule has 1 N–H and O–H groups in total. The van der Waals surface area contributed by atoms with Crippen LogP contribution in [0.1, 0.15) is 31.1 Å². The summed E-state index contributed by atoms with van der Waals surface area (Å²) in [6, 6.07) is 12.8. The summed E-state index contributed by atoms with van der Waals surface area (Å²) in [5.74, 6) is -1.45. The van der Waals surface area contributed by atoms with Crippen LogP contribution < -0.4 is 0 Å². The highest BCUT2D eigenvalue weighted by molar-refractivity contribution is 5.31. The van der Waals surface area contributed by atoms with E-state index in [1.807, 2.05) is 30.3 Å². The highest BCUT2D eigenvalue weighted by atomic mass is 19.1. The van der Waals surface area contributed by atoms with E-state index in [0.717, 1.165) is 17.7 Å². The van der Waals surface area contributed by atoms with Crippen LogP contribution in [0, 0.1) is 11.6 Å². The molecule has 3 heteroatoms. The molecule has 0 radical (unpaired) electrons. The zero-order valence-corrected chi connectivity index (χ0v) is 10.9. The molecule has 2 aromatic rings. The second-order valence-corrected chi connectivity index (χ2v) is 5.13. The summed E-state index contributed by atoms with van der Waals surface area (Å²) in [4.78, 5) is 0. The van der Waals surface area contributed by atoms with Gasteiger partial charge in [0.15, 0.2) is 0 Å².